The molecule has 0 bridgehead atoms. The van der Waals surface area contributed by atoms with Crippen LogP contribution in [0.5, 0.6) is 5.95 Å². The van der Waals surface area contributed by atoms with E-state index in [4.69, 9.17) is 20.8 Å². The molecular formula is C17H10ClN3O3. The van der Waals surface area contributed by atoms with E-state index in [1.54, 1.807) is 18.3 Å². The fraction of sp³-hybridized carbons (Fsp3) is 0. The van der Waals surface area contributed by atoms with Crippen molar-refractivity contribution < 1.29 is 13.9 Å². The van der Waals surface area contributed by atoms with E-state index in [1.165, 1.54) is 4.80 Å². The monoisotopic (exact) mass is 339 g/mol. The predicted molar refractivity (Wildman–Crippen MR) is 88.4 cm³/mol. The minimum atomic E-state index is -0.949. The van der Waals surface area contributed by atoms with Crippen molar-refractivity contribution in [3.63, 3.8) is 0 Å². The second-order valence-electron chi connectivity index (χ2n) is 5.01. The van der Waals surface area contributed by atoms with E-state index in [0.717, 1.165) is 22.3 Å². The lowest BCUT2D eigenvalue weighted by Gasteiger charge is -1.99. The van der Waals surface area contributed by atoms with Crippen LogP contribution >= 0.6 is 11.6 Å². The van der Waals surface area contributed by atoms with Crippen molar-refractivity contribution >= 4 is 28.0 Å². The summed E-state index contributed by atoms with van der Waals surface area (Å²) in [6.45, 7) is 0. The molecule has 2 aromatic carbocycles. The highest BCUT2D eigenvalue weighted by molar-refractivity contribution is 6.61. The number of furan rings is 1. The topological polar surface area (TPSA) is 70.2 Å². The zero-order valence-electron chi connectivity index (χ0n) is 12.2. The molecule has 4 aromatic rings. The van der Waals surface area contributed by atoms with Gasteiger partial charge in [0.15, 0.2) is 0 Å². The Balaban J connectivity index is 1.69. The van der Waals surface area contributed by atoms with Gasteiger partial charge in [-0.3, -0.25) is 0 Å². The van der Waals surface area contributed by atoms with Crippen LogP contribution in [0.3, 0.4) is 0 Å². The molecule has 6 nitrogen and oxygen atoms in total. The summed E-state index contributed by atoms with van der Waals surface area (Å²) in [5.74, 6) is 0.0422. The molecule has 0 amide bonds. The predicted octanol–water partition coefficient (Wildman–Crippen LogP) is 4.42. The first kappa shape index (κ1) is 14.5. The van der Waals surface area contributed by atoms with Gasteiger partial charge in [-0.15, -0.1) is 5.10 Å². The quantitative estimate of drug-likeness (QED) is 0.517. The van der Waals surface area contributed by atoms with Gasteiger partial charge in [-0.05, 0) is 12.1 Å². The van der Waals surface area contributed by atoms with E-state index in [1.807, 2.05) is 42.5 Å². The second kappa shape index (κ2) is 5.82. The van der Waals surface area contributed by atoms with Crippen molar-refractivity contribution in [1.82, 2.24) is 15.0 Å². The Morgan fingerprint density at radius 1 is 1.12 bits per heavy atom. The van der Waals surface area contributed by atoms with E-state index >= 15 is 0 Å². The van der Waals surface area contributed by atoms with Crippen LogP contribution in [0.4, 0.5) is 4.79 Å². The highest BCUT2D eigenvalue weighted by Crippen LogP contribution is 2.27. The van der Waals surface area contributed by atoms with Crippen LogP contribution in [0, 0.1) is 0 Å². The highest BCUT2D eigenvalue weighted by Gasteiger charge is 2.10. The van der Waals surface area contributed by atoms with Crippen LogP contribution in [-0.2, 0) is 0 Å². The highest BCUT2D eigenvalue weighted by atomic mass is 35.5. The van der Waals surface area contributed by atoms with Gasteiger partial charge in [0.1, 0.15) is 11.3 Å². The Morgan fingerprint density at radius 2 is 1.96 bits per heavy atom. The number of fused-ring (bicyclic) bond motifs is 1. The van der Waals surface area contributed by atoms with Gasteiger partial charge in [-0.2, -0.15) is 9.90 Å². The van der Waals surface area contributed by atoms with Crippen LogP contribution < -0.4 is 4.74 Å². The van der Waals surface area contributed by atoms with Crippen LogP contribution in [0.2, 0.25) is 0 Å². The van der Waals surface area contributed by atoms with Crippen molar-refractivity contribution in [3.05, 3.63) is 60.8 Å². The van der Waals surface area contributed by atoms with Gasteiger partial charge in [0.05, 0.1) is 11.9 Å². The van der Waals surface area contributed by atoms with Crippen molar-refractivity contribution in [3.8, 4) is 22.9 Å². The Bertz CT molecular complexity index is 1020. The molecule has 4 rings (SSSR count). The summed E-state index contributed by atoms with van der Waals surface area (Å²) in [7, 11) is 0. The van der Waals surface area contributed by atoms with Crippen LogP contribution in [0.15, 0.2) is 65.2 Å². The number of hydrogen-bond acceptors (Lipinski definition) is 5. The first-order chi connectivity index (χ1) is 11.7. The van der Waals surface area contributed by atoms with Crippen LogP contribution in [-0.4, -0.2) is 20.4 Å². The van der Waals surface area contributed by atoms with Crippen molar-refractivity contribution in [2.45, 2.75) is 0 Å². The number of halogens is 1. The molecule has 7 heteroatoms. The van der Waals surface area contributed by atoms with E-state index in [2.05, 4.69) is 10.2 Å². The van der Waals surface area contributed by atoms with Gasteiger partial charge in [0.2, 0.25) is 0 Å². The van der Waals surface area contributed by atoms with Gasteiger partial charge < -0.3 is 9.15 Å². The van der Waals surface area contributed by atoms with Gasteiger partial charge in [-0.25, -0.2) is 4.79 Å². The molecule has 2 aromatic heterocycles. The zero-order valence-corrected chi connectivity index (χ0v) is 13.0. The van der Waals surface area contributed by atoms with Gasteiger partial charge in [-0.1, -0.05) is 30.3 Å². The lowest BCUT2D eigenvalue weighted by Crippen LogP contribution is -1.98. The van der Waals surface area contributed by atoms with Crippen LogP contribution in [0.25, 0.3) is 27.9 Å². The largest absolute Gasteiger partial charge is 0.425 e. The number of nitrogens with zero attached hydrogens (tertiary/aromatic N) is 3. The molecule has 0 fully saturated rings. The van der Waals surface area contributed by atoms with E-state index in [9.17, 15) is 4.79 Å². The molecular weight excluding hydrogens is 330 g/mol. The molecule has 0 aliphatic rings. The van der Waals surface area contributed by atoms with Crippen molar-refractivity contribution in [1.29, 1.82) is 0 Å². The van der Waals surface area contributed by atoms with Crippen molar-refractivity contribution in [2.24, 2.45) is 0 Å². The third-order valence-corrected chi connectivity index (χ3v) is 3.53. The average Bonchev–Trinajstić information content (AvgIpc) is 3.20. The normalized spacial score (nSPS) is 10.9. The van der Waals surface area contributed by atoms with Crippen LogP contribution in [0.1, 0.15) is 0 Å². The smallest absolute Gasteiger partial charge is 0.411 e. The molecule has 24 heavy (non-hydrogen) atoms. The number of rotatable bonds is 3. The zero-order chi connectivity index (χ0) is 16.5. The maximum absolute atomic E-state index is 10.8. The molecule has 0 spiro atoms. The summed E-state index contributed by atoms with van der Waals surface area (Å²) in [6, 6.07) is 16.8. The summed E-state index contributed by atoms with van der Waals surface area (Å²) in [5.41, 5.74) is 2.07. The summed E-state index contributed by atoms with van der Waals surface area (Å²) >= 11 is 5.18. The summed E-state index contributed by atoms with van der Waals surface area (Å²) in [4.78, 5) is 12.3. The number of hydrogen-bond donors (Lipinski definition) is 0. The summed E-state index contributed by atoms with van der Waals surface area (Å²) in [5, 5.41) is 9.53. The summed E-state index contributed by atoms with van der Waals surface area (Å²) in [6.07, 6.45) is 1.70. The molecule has 0 unspecified atom stereocenters. The van der Waals surface area contributed by atoms with Gasteiger partial charge >= 0.3 is 5.43 Å². The number of carbonyl (C=O) groups excluding carboxylic acids is 1. The van der Waals surface area contributed by atoms with E-state index < -0.39 is 5.43 Å². The Kier molecular flexibility index (Phi) is 3.51. The molecule has 0 saturated heterocycles. The maximum atomic E-state index is 10.8. The standard InChI is InChI=1S/C17H10ClN3O3/c18-17(22)24-16-8-12-6-7-13(9-15(12)23-16)21-19-10-14(20-21)11-4-2-1-3-5-11/h1-10H. The molecule has 0 aliphatic heterocycles. The molecule has 118 valence electrons. The molecule has 0 N–H and O–H groups in total. The Hall–Kier alpha value is -3.12. The number of carbonyl (C=O) groups is 1. The first-order valence-corrected chi connectivity index (χ1v) is 7.46. The Morgan fingerprint density at radius 3 is 2.75 bits per heavy atom. The van der Waals surface area contributed by atoms with Gasteiger partial charge in [0, 0.05) is 34.7 Å². The minimum absolute atomic E-state index is 0.0422. The molecule has 0 saturated carbocycles. The number of ether oxygens (including phenoxy) is 1. The first-order valence-electron chi connectivity index (χ1n) is 7.08. The second-order valence-corrected chi connectivity index (χ2v) is 5.32. The van der Waals surface area contributed by atoms with Gasteiger partial charge in [0.25, 0.3) is 5.95 Å². The third-order valence-electron chi connectivity index (χ3n) is 3.45. The molecule has 0 radical (unpaired) electrons. The van der Waals surface area contributed by atoms with E-state index in [-0.39, 0.29) is 5.95 Å². The third kappa shape index (κ3) is 2.75. The maximum Gasteiger partial charge on any atom is 0.411 e. The SMILES string of the molecule is O=C(Cl)Oc1cc2ccc(-n3ncc(-c4ccccc4)n3)cc2o1. The summed E-state index contributed by atoms with van der Waals surface area (Å²) < 4.78 is 10.2. The lowest BCUT2D eigenvalue weighted by atomic mass is 10.2. The van der Waals surface area contributed by atoms with Crippen molar-refractivity contribution in [2.75, 3.05) is 0 Å². The fourth-order valence-corrected chi connectivity index (χ4v) is 2.45. The fourth-order valence-electron chi connectivity index (χ4n) is 2.38. The lowest BCUT2D eigenvalue weighted by molar-refractivity contribution is 0.214. The Labute approximate surface area is 141 Å². The molecule has 2 heterocycles. The minimum Gasteiger partial charge on any atom is -0.425 e. The number of benzene rings is 2. The molecule has 0 atom stereocenters. The number of aromatic nitrogens is 3. The average molecular weight is 340 g/mol. The molecule has 0 aliphatic carbocycles. The van der Waals surface area contributed by atoms with E-state index in [0.29, 0.717) is 5.58 Å².